The number of rotatable bonds is 17. The second-order valence-corrected chi connectivity index (χ2v) is 20.0. The Kier molecular flexibility index (Phi) is 34.1. The van der Waals surface area contributed by atoms with Crippen LogP contribution in [0.25, 0.3) is 0 Å². The van der Waals surface area contributed by atoms with E-state index in [9.17, 15) is 19.2 Å². The molecule has 0 aliphatic heterocycles. The van der Waals surface area contributed by atoms with Gasteiger partial charge in [-0.15, -0.1) is 6.58 Å². The summed E-state index contributed by atoms with van der Waals surface area (Å²) in [6.45, 7) is 26.6. The Morgan fingerprint density at radius 1 is 0.634 bits per heavy atom. The Morgan fingerprint density at radius 3 is 1.34 bits per heavy atom. The van der Waals surface area contributed by atoms with Crippen LogP contribution in [0.3, 0.4) is 0 Å². The van der Waals surface area contributed by atoms with Crippen molar-refractivity contribution in [2.75, 3.05) is 20.3 Å². The van der Waals surface area contributed by atoms with Crippen molar-refractivity contribution in [3.05, 3.63) is 56.0 Å². The van der Waals surface area contributed by atoms with Gasteiger partial charge in [-0.3, -0.25) is 19.2 Å². The molecule has 0 aromatic heterocycles. The van der Waals surface area contributed by atoms with E-state index in [0.29, 0.717) is 19.3 Å². The highest BCUT2D eigenvalue weighted by atomic mass is 28.4. The molecule has 9 heteroatoms. The average molecular weight is 612 g/mol. The minimum absolute atomic E-state index is 0.0890. The third-order valence-corrected chi connectivity index (χ3v) is 6.21. The number of methoxy groups -OCH3 is 1. The van der Waals surface area contributed by atoms with Gasteiger partial charge >= 0.3 is 5.97 Å². The largest absolute Gasteiger partial charge is 0.469 e. The molecule has 0 spiro atoms. The summed E-state index contributed by atoms with van der Waals surface area (Å²) in [6.07, 6.45) is 17.2. The van der Waals surface area contributed by atoms with Crippen molar-refractivity contribution in [1.82, 2.24) is 0 Å². The fraction of sp³-hybridized carbons (Fsp3) is 0.594. The number of hydrogen-bond donors (Lipinski definition) is 0. The quantitative estimate of drug-likeness (QED) is 0.0540. The zero-order valence-corrected chi connectivity index (χ0v) is 29.7. The lowest BCUT2D eigenvalue weighted by Crippen LogP contribution is -2.25. The van der Waals surface area contributed by atoms with E-state index in [4.69, 9.17) is 8.85 Å². The maximum Gasteiger partial charge on any atom is 0.309 e. The number of Topliss-reactive ketones (excluding diaryl/α,β-unsaturated/α-hetero) is 3. The number of carbonyl (C=O) groups is 4. The van der Waals surface area contributed by atoms with Gasteiger partial charge in [0, 0.05) is 32.5 Å². The Balaban J connectivity index is -0.000000226. The summed E-state index contributed by atoms with van der Waals surface area (Å²) in [6, 6.07) is 0. The molecule has 41 heavy (non-hydrogen) atoms. The van der Waals surface area contributed by atoms with Crippen molar-refractivity contribution < 1.29 is 32.8 Å². The fourth-order valence-corrected chi connectivity index (χ4v) is 3.59. The molecular weight excluding hydrogens is 553 g/mol. The predicted octanol–water partition coefficient (Wildman–Crippen LogP) is 8.01. The van der Waals surface area contributed by atoms with Gasteiger partial charge in [0.15, 0.2) is 16.6 Å². The lowest BCUT2D eigenvalue weighted by molar-refractivity contribution is -0.139. The summed E-state index contributed by atoms with van der Waals surface area (Å²) in [7, 11) is -1.25. The van der Waals surface area contributed by atoms with Gasteiger partial charge in [-0.1, -0.05) is 36.5 Å². The summed E-state index contributed by atoms with van der Waals surface area (Å²) in [5, 5.41) is 0. The van der Waals surface area contributed by atoms with Crippen LogP contribution in [-0.4, -0.2) is 60.3 Å². The normalized spacial score (nSPS) is 11.1. The smallest absolute Gasteiger partial charge is 0.309 e. The highest BCUT2D eigenvalue weighted by molar-refractivity contribution is 6.70. The van der Waals surface area contributed by atoms with Crippen LogP contribution in [0.4, 0.5) is 0 Å². The first-order chi connectivity index (χ1) is 18.9. The minimum atomic E-state index is -1.34. The highest BCUT2D eigenvalue weighted by Gasteiger charge is 2.13. The third kappa shape index (κ3) is 62.6. The predicted molar refractivity (Wildman–Crippen MR) is 178 cm³/mol. The van der Waals surface area contributed by atoms with E-state index in [0.717, 1.165) is 32.5 Å². The molecule has 0 rings (SSSR count). The molecule has 0 aliphatic rings. The molecule has 7 nitrogen and oxygen atoms in total. The molecule has 0 saturated carbocycles. The van der Waals surface area contributed by atoms with Gasteiger partial charge in [0.2, 0.25) is 0 Å². The monoisotopic (exact) mass is 611 g/mol. The number of ketones is 3. The van der Waals surface area contributed by atoms with Crippen molar-refractivity contribution in [3.63, 3.8) is 0 Å². The first-order valence-electron chi connectivity index (χ1n) is 14.1. The van der Waals surface area contributed by atoms with Crippen molar-refractivity contribution in [3.8, 4) is 0 Å². The average Bonchev–Trinajstić information content (AvgIpc) is 2.83. The van der Waals surface area contributed by atoms with Gasteiger partial charge in [0.25, 0.3) is 0 Å². The standard InChI is InChI=1S/C10H20O2Si.C8H12O3.C7H16OSi.C7H11O/c1-10(11)8-6-5-7-9-12-13(2,3)4;1-7(9)5-3-4-6-8(10)11-2;1-5-6-7-8-9(2,3)4;1-3-4-5-6-7(2)8/h5-6H,7-9H2,1-4H3;3-4H,5-6H2,1-2H3;5H,1,6-7H2,2-4H3;4-5H,1,3,6H2,2H3/q;;;+1/b6-5-;4-3-;;5-4-. The van der Waals surface area contributed by atoms with Crippen LogP contribution in [0, 0.1) is 6.92 Å². The maximum atomic E-state index is 10.6. The zero-order valence-electron chi connectivity index (χ0n) is 27.7. The molecule has 236 valence electrons. The lowest BCUT2D eigenvalue weighted by Gasteiger charge is -2.15. The molecular formula is C32H59O7Si2+. The second-order valence-electron chi connectivity index (χ2n) is 11.0. The van der Waals surface area contributed by atoms with Crippen molar-refractivity contribution in [2.45, 2.75) is 105 Å². The van der Waals surface area contributed by atoms with Crippen molar-refractivity contribution >= 4 is 40.0 Å². The van der Waals surface area contributed by atoms with E-state index in [2.05, 4.69) is 57.5 Å². The molecule has 0 saturated heterocycles. The van der Waals surface area contributed by atoms with E-state index in [1.165, 1.54) is 14.0 Å². The number of hydrogen-bond acceptors (Lipinski definition) is 7. The molecule has 0 atom stereocenters. The van der Waals surface area contributed by atoms with Crippen LogP contribution >= 0.6 is 0 Å². The van der Waals surface area contributed by atoms with E-state index in [-0.39, 0.29) is 29.7 Å². The second kappa shape index (κ2) is 30.6. The van der Waals surface area contributed by atoms with Gasteiger partial charge < -0.3 is 13.6 Å². The first kappa shape index (κ1) is 45.6. The molecule has 0 N–H and O–H groups in total. The first-order valence-corrected chi connectivity index (χ1v) is 20.9. The summed E-state index contributed by atoms with van der Waals surface area (Å²) in [4.78, 5) is 41.7. The lowest BCUT2D eigenvalue weighted by atomic mass is 10.3. The van der Waals surface area contributed by atoms with Crippen LogP contribution in [0.1, 0.15) is 65.7 Å². The fourth-order valence-electron chi connectivity index (χ4n) is 2.13. The Hall–Kier alpha value is -2.34. The maximum absolute atomic E-state index is 10.6. The van der Waals surface area contributed by atoms with Gasteiger partial charge in [-0.05, 0) is 79.0 Å². The van der Waals surface area contributed by atoms with Gasteiger partial charge in [0.1, 0.15) is 23.8 Å². The van der Waals surface area contributed by atoms with Gasteiger partial charge in [-0.25, -0.2) is 0 Å². The topological polar surface area (TPSA) is 96.0 Å². The van der Waals surface area contributed by atoms with E-state index >= 15 is 0 Å². The third-order valence-electron chi connectivity index (χ3n) is 4.07. The molecule has 0 heterocycles. The molecule has 0 aliphatic carbocycles. The Bertz CT molecular complexity index is 787. The number of ether oxygens (including phenoxy) is 1. The highest BCUT2D eigenvalue weighted by Crippen LogP contribution is 2.03. The molecule has 0 bridgehead atoms. The molecule has 0 unspecified atom stereocenters. The van der Waals surface area contributed by atoms with E-state index in [1.807, 2.05) is 30.4 Å². The number of esters is 1. The van der Waals surface area contributed by atoms with Gasteiger partial charge in [0.05, 0.1) is 20.5 Å². The van der Waals surface area contributed by atoms with Gasteiger partial charge in [-0.2, -0.15) is 0 Å². The number of allylic oxidation sites excluding steroid dienone is 4. The summed E-state index contributed by atoms with van der Waals surface area (Å²) in [5.41, 5.74) is 0. The zero-order chi connectivity index (χ0) is 32.7. The van der Waals surface area contributed by atoms with Crippen molar-refractivity contribution in [2.24, 2.45) is 0 Å². The van der Waals surface area contributed by atoms with E-state index in [1.54, 1.807) is 26.0 Å². The molecule has 0 radical (unpaired) electrons. The Labute approximate surface area is 253 Å². The van der Waals surface area contributed by atoms with Crippen LogP contribution < -0.4 is 0 Å². The molecule has 0 amide bonds. The Morgan fingerprint density at radius 2 is 1.00 bits per heavy atom. The summed E-state index contributed by atoms with van der Waals surface area (Å²) >= 11 is 0. The minimum Gasteiger partial charge on any atom is -0.469 e. The van der Waals surface area contributed by atoms with Crippen LogP contribution in [0.2, 0.25) is 39.3 Å². The van der Waals surface area contributed by atoms with Crippen LogP contribution in [0.15, 0.2) is 49.1 Å². The van der Waals surface area contributed by atoms with E-state index < -0.39 is 16.6 Å². The molecule has 0 aromatic rings. The SMILES string of the molecule is C=CCCO[Si](C)(C)C.CC(=O)C/C=C\CCO[Si](C)(C)C.COC(=O)C/C=C\CC(C)=O.[CH2+]C/C=C\CC(C)=O. The van der Waals surface area contributed by atoms with Crippen molar-refractivity contribution in [1.29, 1.82) is 0 Å². The summed E-state index contributed by atoms with van der Waals surface area (Å²) < 4.78 is 15.6. The summed E-state index contributed by atoms with van der Waals surface area (Å²) in [5.74, 6) is 0.216. The van der Waals surface area contributed by atoms with Crippen LogP contribution in [-0.2, 0) is 32.8 Å². The van der Waals surface area contributed by atoms with Crippen LogP contribution in [0.5, 0.6) is 0 Å². The number of carbonyl (C=O) groups excluding carboxylic acids is 4. The molecule has 0 aromatic carbocycles. The molecule has 0 fully saturated rings.